The number of amides is 1. The molecule has 0 saturated carbocycles. The third-order valence-electron chi connectivity index (χ3n) is 1.92. The minimum atomic E-state index is -2.66. The summed E-state index contributed by atoms with van der Waals surface area (Å²) in [6, 6.07) is 3.27. The van der Waals surface area contributed by atoms with Crippen molar-refractivity contribution in [3.63, 3.8) is 0 Å². The topological polar surface area (TPSA) is 98.3 Å². The molecule has 0 heterocycles. The molecule has 0 unspecified atom stereocenters. The molecule has 0 radical (unpaired) electrons. The van der Waals surface area contributed by atoms with Gasteiger partial charge in [-0.25, -0.2) is 8.78 Å². The van der Waals surface area contributed by atoms with Gasteiger partial charge in [-0.1, -0.05) is 0 Å². The molecule has 0 aliphatic rings. The van der Waals surface area contributed by atoms with Crippen LogP contribution in [0.25, 0.3) is 0 Å². The Bertz CT molecular complexity index is 451. The van der Waals surface area contributed by atoms with Gasteiger partial charge in [-0.05, 0) is 12.1 Å². The van der Waals surface area contributed by atoms with Crippen LogP contribution in [0.2, 0.25) is 0 Å². The predicted octanol–water partition coefficient (Wildman–Crippen LogP) is 1.37. The standard InChI is InChI=1S/C9H9F2N3O3/c10-8(11)4-13-6-3-5(9(12)15)1-2-7(6)14(16)17/h1-3,8,13H,4H2,(H2,12,15). The summed E-state index contributed by atoms with van der Waals surface area (Å²) in [5.74, 6) is -0.792. The van der Waals surface area contributed by atoms with Gasteiger partial charge in [-0.2, -0.15) is 0 Å². The van der Waals surface area contributed by atoms with Crippen LogP contribution in [0.4, 0.5) is 20.2 Å². The number of benzene rings is 1. The SMILES string of the molecule is NC(=O)c1ccc([N+](=O)[O-])c(NCC(F)F)c1. The fraction of sp³-hybridized carbons (Fsp3) is 0.222. The van der Waals surface area contributed by atoms with Gasteiger partial charge in [-0.3, -0.25) is 14.9 Å². The Morgan fingerprint density at radius 3 is 2.65 bits per heavy atom. The van der Waals surface area contributed by atoms with E-state index in [9.17, 15) is 23.7 Å². The van der Waals surface area contributed by atoms with Crippen molar-refractivity contribution in [2.24, 2.45) is 5.73 Å². The monoisotopic (exact) mass is 245 g/mol. The number of carbonyl (C=O) groups is 1. The van der Waals surface area contributed by atoms with E-state index in [4.69, 9.17) is 5.73 Å². The van der Waals surface area contributed by atoms with Crippen molar-refractivity contribution in [2.45, 2.75) is 6.43 Å². The highest BCUT2D eigenvalue weighted by Crippen LogP contribution is 2.25. The summed E-state index contributed by atoms with van der Waals surface area (Å²) >= 11 is 0. The van der Waals surface area contributed by atoms with E-state index in [1.165, 1.54) is 0 Å². The number of rotatable bonds is 5. The molecular formula is C9H9F2N3O3. The first-order valence-electron chi connectivity index (χ1n) is 4.52. The number of halogens is 2. The second kappa shape index (κ2) is 5.19. The molecule has 0 saturated heterocycles. The summed E-state index contributed by atoms with van der Waals surface area (Å²) in [5, 5.41) is 12.8. The predicted molar refractivity (Wildman–Crippen MR) is 56.1 cm³/mol. The minimum Gasteiger partial charge on any atom is -0.374 e. The van der Waals surface area contributed by atoms with Crippen molar-refractivity contribution in [3.8, 4) is 0 Å². The highest BCUT2D eigenvalue weighted by Gasteiger charge is 2.16. The summed E-state index contributed by atoms with van der Waals surface area (Å²) < 4.78 is 24.0. The van der Waals surface area contributed by atoms with Gasteiger partial charge in [0.25, 0.3) is 12.1 Å². The molecule has 0 bridgehead atoms. The third-order valence-corrected chi connectivity index (χ3v) is 1.92. The Morgan fingerprint density at radius 2 is 2.18 bits per heavy atom. The maximum Gasteiger partial charge on any atom is 0.292 e. The van der Waals surface area contributed by atoms with Crippen LogP contribution in [0.3, 0.4) is 0 Å². The lowest BCUT2D eigenvalue weighted by atomic mass is 10.1. The molecule has 0 aliphatic heterocycles. The largest absolute Gasteiger partial charge is 0.374 e. The lowest BCUT2D eigenvalue weighted by molar-refractivity contribution is -0.384. The zero-order chi connectivity index (χ0) is 13.0. The van der Waals surface area contributed by atoms with Crippen LogP contribution < -0.4 is 11.1 Å². The van der Waals surface area contributed by atoms with Gasteiger partial charge in [0.15, 0.2) is 0 Å². The molecule has 17 heavy (non-hydrogen) atoms. The van der Waals surface area contributed by atoms with E-state index in [1.54, 1.807) is 0 Å². The van der Waals surface area contributed by atoms with Crippen LogP contribution in [-0.4, -0.2) is 23.8 Å². The number of carbonyl (C=O) groups excluding carboxylic acids is 1. The van der Waals surface area contributed by atoms with Gasteiger partial charge >= 0.3 is 0 Å². The van der Waals surface area contributed by atoms with Crippen molar-refractivity contribution >= 4 is 17.3 Å². The summed E-state index contributed by atoms with van der Waals surface area (Å²) in [4.78, 5) is 20.7. The van der Waals surface area contributed by atoms with E-state index in [-0.39, 0.29) is 11.3 Å². The number of hydrogen-bond donors (Lipinski definition) is 2. The second-order valence-corrected chi connectivity index (χ2v) is 3.13. The Balaban J connectivity index is 3.07. The van der Waals surface area contributed by atoms with Gasteiger partial charge in [0.1, 0.15) is 5.69 Å². The number of nitrogens with zero attached hydrogens (tertiary/aromatic N) is 1. The normalized spacial score (nSPS) is 10.3. The average Bonchev–Trinajstić information content (AvgIpc) is 2.25. The first-order valence-corrected chi connectivity index (χ1v) is 4.52. The number of nitrogens with two attached hydrogens (primary N) is 1. The van der Waals surface area contributed by atoms with Crippen LogP contribution in [-0.2, 0) is 0 Å². The smallest absolute Gasteiger partial charge is 0.292 e. The molecule has 0 spiro atoms. The molecule has 6 nitrogen and oxygen atoms in total. The number of alkyl halides is 2. The molecule has 0 fully saturated rings. The van der Waals surface area contributed by atoms with E-state index >= 15 is 0 Å². The maximum atomic E-state index is 12.0. The van der Waals surface area contributed by atoms with E-state index < -0.39 is 29.5 Å². The summed E-state index contributed by atoms with van der Waals surface area (Å²) in [5.41, 5.74) is 4.43. The van der Waals surface area contributed by atoms with Crippen LogP contribution >= 0.6 is 0 Å². The van der Waals surface area contributed by atoms with Gasteiger partial charge in [0.2, 0.25) is 5.91 Å². The number of hydrogen-bond acceptors (Lipinski definition) is 4. The highest BCUT2D eigenvalue weighted by atomic mass is 19.3. The van der Waals surface area contributed by atoms with E-state index in [2.05, 4.69) is 5.32 Å². The van der Waals surface area contributed by atoms with Crippen LogP contribution in [0.1, 0.15) is 10.4 Å². The summed E-state index contributed by atoms with van der Waals surface area (Å²) in [6.07, 6.45) is -2.66. The Morgan fingerprint density at radius 1 is 1.53 bits per heavy atom. The molecule has 1 aromatic carbocycles. The Labute approximate surface area is 94.6 Å². The summed E-state index contributed by atoms with van der Waals surface area (Å²) in [7, 11) is 0. The first kappa shape index (κ1) is 12.8. The lowest BCUT2D eigenvalue weighted by Crippen LogP contribution is -2.14. The van der Waals surface area contributed by atoms with E-state index in [1.807, 2.05) is 0 Å². The number of nitrogens with one attached hydrogen (secondary N) is 1. The van der Waals surface area contributed by atoms with Crippen molar-refractivity contribution < 1.29 is 18.5 Å². The van der Waals surface area contributed by atoms with Crippen LogP contribution in [0.5, 0.6) is 0 Å². The fourth-order valence-electron chi connectivity index (χ4n) is 1.18. The molecule has 0 aromatic heterocycles. The van der Waals surface area contributed by atoms with E-state index in [0.29, 0.717) is 0 Å². The van der Waals surface area contributed by atoms with Crippen molar-refractivity contribution in [1.29, 1.82) is 0 Å². The van der Waals surface area contributed by atoms with Gasteiger partial charge in [-0.15, -0.1) is 0 Å². The Kier molecular flexibility index (Phi) is 3.91. The van der Waals surface area contributed by atoms with E-state index in [0.717, 1.165) is 18.2 Å². The number of nitro benzene ring substituents is 1. The number of anilines is 1. The molecule has 92 valence electrons. The number of nitro groups is 1. The van der Waals surface area contributed by atoms with Crippen molar-refractivity contribution in [3.05, 3.63) is 33.9 Å². The maximum absolute atomic E-state index is 12.0. The molecule has 0 atom stereocenters. The molecule has 3 N–H and O–H groups in total. The second-order valence-electron chi connectivity index (χ2n) is 3.13. The summed E-state index contributed by atoms with van der Waals surface area (Å²) in [6.45, 7) is -0.747. The molecule has 0 aliphatic carbocycles. The highest BCUT2D eigenvalue weighted by molar-refractivity contribution is 5.94. The zero-order valence-corrected chi connectivity index (χ0v) is 8.52. The molecule has 1 amide bonds. The first-order chi connectivity index (χ1) is 7.91. The average molecular weight is 245 g/mol. The van der Waals surface area contributed by atoms with Crippen molar-refractivity contribution in [1.82, 2.24) is 0 Å². The minimum absolute atomic E-state index is 0.00682. The quantitative estimate of drug-likeness (QED) is 0.604. The molecule has 1 aromatic rings. The Hall–Kier alpha value is -2.25. The van der Waals surface area contributed by atoms with Crippen LogP contribution in [0.15, 0.2) is 18.2 Å². The molecule has 1 rings (SSSR count). The zero-order valence-electron chi connectivity index (χ0n) is 8.52. The van der Waals surface area contributed by atoms with Crippen molar-refractivity contribution in [2.75, 3.05) is 11.9 Å². The van der Waals surface area contributed by atoms with Crippen LogP contribution in [0, 0.1) is 10.1 Å². The van der Waals surface area contributed by atoms with Gasteiger partial charge in [0.05, 0.1) is 11.5 Å². The fourth-order valence-corrected chi connectivity index (χ4v) is 1.18. The lowest BCUT2D eigenvalue weighted by Gasteiger charge is -2.07. The molecule has 8 heteroatoms. The van der Waals surface area contributed by atoms with Gasteiger partial charge in [0, 0.05) is 11.6 Å². The van der Waals surface area contributed by atoms with Gasteiger partial charge < -0.3 is 11.1 Å². The number of primary amides is 1. The third kappa shape index (κ3) is 3.37. The molecular weight excluding hydrogens is 236 g/mol.